The van der Waals surface area contributed by atoms with Gasteiger partial charge in [-0.1, -0.05) is 18.2 Å². The first kappa shape index (κ1) is 24.3. The smallest absolute Gasteiger partial charge is 0.317 e. The average molecular weight is 503 g/mol. The number of hydrogen-bond donors (Lipinski definition) is 2. The number of benzene rings is 2. The number of urea groups is 1. The van der Waals surface area contributed by atoms with E-state index in [0.717, 1.165) is 52.3 Å². The molecule has 2 atom stereocenters. The summed E-state index contributed by atoms with van der Waals surface area (Å²) in [5.74, 6) is 0.584. The second-order valence-corrected chi connectivity index (χ2v) is 10.7. The minimum absolute atomic E-state index is 0.00496. The van der Waals surface area contributed by atoms with Crippen LogP contribution in [0.4, 0.5) is 4.79 Å². The topological polar surface area (TPSA) is 98.5 Å². The third-order valence-electron chi connectivity index (χ3n) is 6.73. The van der Waals surface area contributed by atoms with Crippen molar-refractivity contribution < 1.29 is 14.6 Å². The lowest BCUT2D eigenvalue weighted by molar-refractivity contribution is 0.0833. The van der Waals surface area contributed by atoms with Crippen molar-refractivity contribution in [2.24, 2.45) is 0 Å². The highest BCUT2D eigenvalue weighted by atomic mass is 32.1. The highest BCUT2D eigenvalue weighted by Crippen LogP contribution is 2.41. The van der Waals surface area contributed by atoms with E-state index in [9.17, 15) is 15.2 Å². The van der Waals surface area contributed by atoms with Crippen molar-refractivity contribution in [2.45, 2.75) is 57.8 Å². The molecule has 2 amide bonds. The van der Waals surface area contributed by atoms with Gasteiger partial charge in [0.25, 0.3) is 0 Å². The van der Waals surface area contributed by atoms with Crippen molar-refractivity contribution in [3.63, 3.8) is 0 Å². The van der Waals surface area contributed by atoms with Crippen LogP contribution in [0.1, 0.15) is 55.8 Å². The lowest BCUT2D eigenvalue weighted by atomic mass is 10.0. The lowest BCUT2D eigenvalue weighted by Crippen LogP contribution is -2.47. The van der Waals surface area contributed by atoms with E-state index in [1.807, 2.05) is 44.3 Å². The Balaban J connectivity index is 1.36. The Bertz CT molecular complexity index is 1310. The standard InChI is InChI=1S/C28H30N4O3S/c1-17(2)35-25-11-8-18(13-19(25)14-29)27-30-15-26(36-27)23-7-3-6-22-21(23)9-10-24(22)31-28(34)32-12-4-5-20(33)16-32/h3,6-8,11,13,15,17,20,24,33H,4-5,9-10,12,16H2,1-2H3,(H,31,34). The van der Waals surface area contributed by atoms with Crippen LogP contribution in [-0.2, 0) is 6.42 Å². The summed E-state index contributed by atoms with van der Waals surface area (Å²) < 4.78 is 5.75. The van der Waals surface area contributed by atoms with Gasteiger partial charge in [-0.2, -0.15) is 5.26 Å². The fraction of sp³-hybridized carbons (Fsp3) is 0.393. The Labute approximate surface area is 215 Å². The number of nitriles is 1. The maximum absolute atomic E-state index is 12.8. The van der Waals surface area contributed by atoms with Gasteiger partial charge < -0.3 is 20.1 Å². The normalized spacial score (nSPS) is 19.1. The number of likely N-dealkylation sites (tertiary alicyclic amines) is 1. The zero-order chi connectivity index (χ0) is 25.2. The zero-order valence-electron chi connectivity index (χ0n) is 20.5. The average Bonchev–Trinajstić information content (AvgIpc) is 3.52. The summed E-state index contributed by atoms with van der Waals surface area (Å²) in [6, 6.07) is 13.9. The van der Waals surface area contributed by atoms with Crippen LogP contribution in [0, 0.1) is 11.3 Å². The van der Waals surface area contributed by atoms with E-state index in [1.54, 1.807) is 16.2 Å². The number of aliphatic hydroxyl groups excluding tert-OH is 1. The van der Waals surface area contributed by atoms with Crippen LogP contribution in [0.3, 0.4) is 0 Å². The molecular weight excluding hydrogens is 472 g/mol. The van der Waals surface area contributed by atoms with Crippen LogP contribution in [0.2, 0.25) is 0 Å². The summed E-state index contributed by atoms with van der Waals surface area (Å²) in [5.41, 5.74) is 4.92. The monoisotopic (exact) mass is 502 g/mol. The van der Waals surface area contributed by atoms with E-state index in [4.69, 9.17) is 4.74 Å². The first-order chi connectivity index (χ1) is 17.4. The van der Waals surface area contributed by atoms with Crippen LogP contribution in [0.15, 0.2) is 42.6 Å². The van der Waals surface area contributed by atoms with Gasteiger partial charge in [-0.25, -0.2) is 9.78 Å². The van der Waals surface area contributed by atoms with Gasteiger partial charge in [-0.3, -0.25) is 0 Å². The molecule has 3 aromatic rings. The van der Waals surface area contributed by atoms with Crippen LogP contribution in [-0.4, -0.2) is 46.3 Å². The predicted octanol–water partition coefficient (Wildman–Crippen LogP) is 5.29. The number of piperidine rings is 1. The molecule has 8 heteroatoms. The Morgan fingerprint density at radius 3 is 2.94 bits per heavy atom. The van der Waals surface area contributed by atoms with Gasteiger partial charge in [0.05, 0.1) is 28.7 Å². The molecule has 36 heavy (non-hydrogen) atoms. The van der Waals surface area contributed by atoms with Crippen molar-refractivity contribution in [2.75, 3.05) is 13.1 Å². The molecule has 2 heterocycles. The number of thiazole rings is 1. The van der Waals surface area contributed by atoms with Crippen LogP contribution in [0.5, 0.6) is 5.75 Å². The number of ether oxygens (including phenoxy) is 1. The number of nitrogens with one attached hydrogen (secondary N) is 1. The van der Waals surface area contributed by atoms with Gasteiger partial charge in [0.2, 0.25) is 0 Å². The van der Waals surface area contributed by atoms with Gasteiger partial charge in [-0.05, 0) is 74.4 Å². The quantitative estimate of drug-likeness (QED) is 0.494. The third kappa shape index (κ3) is 4.95. The SMILES string of the molecule is CC(C)Oc1ccc(-c2ncc(-c3cccc4c3CCC4NC(=O)N3CCCC(O)C3)s2)cc1C#N. The second kappa shape index (κ2) is 10.3. The Kier molecular flexibility index (Phi) is 6.95. The van der Waals surface area contributed by atoms with E-state index in [-0.39, 0.29) is 18.2 Å². The first-order valence-corrected chi connectivity index (χ1v) is 13.3. The molecule has 2 unspecified atom stereocenters. The summed E-state index contributed by atoms with van der Waals surface area (Å²) in [5, 5.41) is 23.5. The van der Waals surface area contributed by atoms with E-state index < -0.39 is 6.10 Å². The van der Waals surface area contributed by atoms with E-state index in [0.29, 0.717) is 24.4 Å². The second-order valence-electron chi connectivity index (χ2n) is 9.68. The predicted molar refractivity (Wildman–Crippen MR) is 140 cm³/mol. The van der Waals surface area contributed by atoms with E-state index in [2.05, 4.69) is 28.5 Å². The summed E-state index contributed by atoms with van der Waals surface area (Å²) in [6.45, 7) is 4.96. The van der Waals surface area contributed by atoms with Gasteiger partial charge in [0, 0.05) is 24.8 Å². The van der Waals surface area contributed by atoms with Crippen LogP contribution >= 0.6 is 11.3 Å². The van der Waals surface area contributed by atoms with Gasteiger partial charge >= 0.3 is 6.03 Å². The summed E-state index contributed by atoms with van der Waals surface area (Å²) in [6.07, 6.45) is 4.77. The molecular formula is C28H30N4O3S. The molecule has 2 aromatic carbocycles. The van der Waals surface area contributed by atoms with Crippen molar-refractivity contribution in [3.8, 4) is 32.8 Å². The summed E-state index contributed by atoms with van der Waals surface area (Å²) >= 11 is 1.60. The molecule has 0 saturated carbocycles. The molecule has 5 rings (SSSR count). The molecule has 0 radical (unpaired) electrons. The number of nitrogens with zero attached hydrogens (tertiary/aromatic N) is 3. The largest absolute Gasteiger partial charge is 0.490 e. The minimum Gasteiger partial charge on any atom is -0.490 e. The molecule has 0 spiro atoms. The highest BCUT2D eigenvalue weighted by molar-refractivity contribution is 7.18. The van der Waals surface area contributed by atoms with E-state index >= 15 is 0 Å². The number of aromatic nitrogens is 1. The number of hydrogen-bond acceptors (Lipinski definition) is 6. The van der Waals surface area contributed by atoms with Crippen molar-refractivity contribution in [1.82, 2.24) is 15.2 Å². The van der Waals surface area contributed by atoms with Crippen molar-refractivity contribution in [3.05, 3.63) is 59.3 Å². The van der Waals surface area contributed by atoms with E-state index in [1.165, 1.54) is 5.56 Å². The Morgan fingerprint density at radius 1 is 1.31 bits per heavy atom. The molecule has 1 aromatic heterocycles. The van der Waals surface area contributed by atoms with Gasteiger partial charge in [-0.15, -0.1) is 11.3 Å². The molecule has 0 bridgehead atoms. The van der Waals surface area contributed by atoms with Gasteiger partial charge in [0.1, 0.15) is 16.8 Å². The molecule has 2 aliphatic rings. The van der Waals surface area contributed by atoms with Crippen LogP contribution in [0.25, 0.3) is 21.0 Å². The summed E-state index contributed by atoms with van der Waals surface area (Å²) in [7, 11) is 0. The molecule has 1 saturated heterocycles. The number of aliphatic hydroxyl groups is 1. The minimum atomic E-state index is -0.435. The summed E-state index contributed by atoms with van der Waals surface area (Å²) in [4.78, 5) is 20.3. The van der Waals surface area contributed by atoms with Crippen molar-refractivity contribution >= 4 is 17.4 Å². The Hall–Kier alpha value is -3.41. The molecule has 186 valence electrons. The fourth-order valence-electron chi connectivity index (χ4n) is 5.05. The number of amides is 2. The van der Waals surface area contributed by atoms with Crippen LogP contribution < -0.4 is 10.1 Å². The molecule has 1 fully saturated rings. The first-order valence-electron chi connectivity index (χ1n) is 12.5. The maximum atomic E-state index is 12.8. The molecule has 2 N–H and O–H groups in total. The highest BCUT2D eigenvalue weighted by Gasteiger charge is 2.29. The number of β-amino-alcohol motifs (C(OH)–C–C–N with tert-alkyl or cyclic N) is 1. The third-order valence-corrected chi connectivity index (χ3v) is 7.81. The number of fused-ring (bicyclic) bond motifs is 1. The number of carbonyl (C=O) groups is 1. The molecule has 1 aliphatic heterocycles. The number of rotatable bonds is 5. The van der Waals surface area contributed by atoms with Crippen molar-refractivity contribution in [1.29, 1.82) is 5.26 Å². The molecule has 1 aliphatic carbocycles. The number of carbonyl (C=O) groups excluding carboxylic acids is 1. The fourth-order valence-corrected chi connectivity index (χ4v) is 6.02. The maximum Gasteiger partial charge on any atom is 0.317 e. The zero-order valence-corrected chi connectivity index (χ0v) is 21.3. The van der Waals surface area contributed by atoms with Gasteiger partial charge in [0.15, 0.2) is 0 Å². The Morgan fingerprint density at radius 2 is 2.17 bits per heavy atom. The lowest BCUT2D eigenvalue weighted by Gasteiger charge is -2.31. The molecule has 7 nitrogen and oxygen atoms in total.